The molecule has 2 nitrogen and oxygen atoms in total. The molecule has 6 heteroatoms. The number of thiophene rings is 1. The zero-order valence-corrected chi connectivity index (χ0v) is 13.3. The first-order valence-electron chi connectivity index (χ1n) is 4.87. The average molecular weight is 393 g/mol. The molecule has 0 saturated carbocycles. The molecule has 0 aliphatic carbocycles. The van der Waals surface area contributed by atoms with Gasteiger partial charge in [-0.1, -0.05) is 17.7 Å². The minimum Gasteiger partial charge on any atom is -0.245 e. The molecule has 1 aromatic carbocycles. The fourth-order valence-electron chi connectivity index (χ4n) is 1.79. The SMILES string of the molecule is Clc1ccc(-c2cnn(PI)c2)c2ccsc12. The van der Waals surface area contributed by atoms with Gasteiger partial charge in [0.2, 0.25) is 0 Å². The number of fused-ring (bicyclic) bond motifs is 1. The van der Waals surface area contributed by atoms with Crippen LogP contribution in [-0.4, -0.2) is 9.55 Å². The van der Waals surface area contributed by atoms with Crippen LogP contribution in [0, 0.1) is 0 Å². The summed E-state index contributed by atoms with van der Waals surface area (Å²) in [5.74, 6) is 0. The molecule has 0 radical (unpaired) electrons. The van der Waals surface area contributed by atoms with Crippen molar-refractivity contribution in [3.05, 3.63) is 41.0 Å². The third-order valence-electron chi connectivity index (χ3n) is 2.55. The Morgan fingerprint density at radius 1 is 1.35 bits per heavy atom. The highest BCUT2D eigenvalue weighted by atomic mass is 127. The lowest BCUT2D eigenvalue weighted by Crippen LogP contribution is -1.77. The van der Waals surface area contributed by atoms with Gasteiger partial charge in [0.05, 0.1) is 22.3 Å². The molecule has 1 unspecified atom stereocenters. The van der Waals surface area contributed by atoms with Crippen molar-refractivity contribution in [3.63, 3.8) is 0 Å². The van der Waals surface area contributed by atoms with Crippen LogP contribution in [0.3, 0.4) is 0 Å². The Morgan fingerprint density at radius 3 is 3.00 bits per heavy atom. The highest BCUT2D eigenvalue weighted by Crippen LogP contribution is 2.37. The van der Waals surface area contributed by atoms with Gasteiger partial charge in [0, 0.05) is 17.1 Å². The second-order valence-electron chi connectivity index (χ2n) is 3.52. The summed E-state index contributed by atoms with van der Waals surface area (Å²) in [6, 6.07) is 6.14. The van der Waals surface area contributed by atoms with Crippen LogP contribution in [-0.2, 0) is 0 Å². The highest BCUT2D eigenvalue weighted by Gasteiger charge is 2.09. The predicted octanol–water partition coefficient (Wildman–Crippen LogP) is 5.21. The Labute approximate surface area is 122 Å². The summed E-state index contributed by atoms with van der Waals surface area (Å²) in [5.41, 5.74) is 2.35. The molecule has 1 atom stereocenters. The fraction of sp³-hybridized carbons (Fsp3) is 0. The number of hydrogen-bond donors (Lipinski definition) is 0. The van der Waals surface area contributed by atoms with Crippen LogP contribution < -0.4 is 0 Å². The van der Waals surface area contributed by atoms with Crippen molar-refractivity contribution in [1.82, 2.24) is 9.55 Å². The number of halogens is 2. The van der Waals surface area contributed by atoms with E-state index in [2.05, 4.69) is 50.8 Å². The van der Waals surface area contributed by atoms with Crippen LogP contribution in [0.25, 0.3) is 21.2 Å². The minimum atomic E-state index is 0.630. The predicted molar refractivity (Wildman–Crippen MR) is 85.8 cm³/mol. The molecular weight excluding hydrogens is 386 g/mol. The summed E-state index contributed by atoms with van der Waals surface area (Å²) in [6.45, 7) is 0. The van der Waals surface area contributed by atoms with Crippen molar-refractivity contribution in [2.75, 3.05) is 0 Å². The highest BCUT2D eigenvalue weighted by molar-refractivity contribution is 14.2. The standard InChI is InChI=1S/C11H7ClIN2PS/c12-10-2-1-8(9-3-4-17-11(9)10)7-5-14-15(6-7)16-13/h1-6,16H. The van der Waals surface area contributed by atoms with Crippen LogP contribution in [0.1, 0.15) is 0 Å². The third kappa shape index (κ3) is 2.12. The van der Waals surface area contributed by atoms with Crippen molar-refractivity contribution in [1.29, 1.82) is 0 Å². The lowest BCUT2D eigenvalue weighted by Gasteiger charge is -2.01. The van der Waals surface area contributed by atoms with E-state index in [-0.39, 0.29) is 0 Å². The van der Waals surface area contributed by atoms with E-state index >= 15 is 0 Å². The molecule has 0 fully saturated rings. The molecule has 0 N–H and O–H groups in total. The lowest BCUT2D eigenvalue weighted by atomic mass is 10.1. The van der Waals surface area contributed by atoms with E-state index in [1.807, 2.05) is 16.7 Å². The molecule has 0 aliphatic rings. The maximum atomic E-state index is 6.18. The molecule has 3 aromatic rings. The van der Waals surface area contributed by atoms with Gasteiger partial charge in [-0.05, 0) is 45.1 Å². The number of aromatic nitrogens is 2. The molecule has 0 bridgehead atoms. The van der Waals surface area contributed by atoms with Crippen LogP contribution in [0.5, 0.6) is 0 Å². The Morgan fingerprint density at radius 2 is 2.24 bits per heavy atom. The van der Waals surface area contributed by atoms with Crippen molar-refractivity contribution in [2.45, 2.75) is 0 Å². The molecule has 3 rings (SSSR count). The maximum Gasteiger partial charge on any atom is 0.0677 e. The molecule has 0 spiro atoms. The van der Waals surface area contributed by atoms with Crippen LogP contribution in [0.2, 0.25) is 5.02 Å². The molecule has 2 heterocycles. The first-order chi connectivity index (χ1) is 8.29. The third-order valence-corrected chi connectivity index (χ3v) is 5.82. The second kappa shape index (κ2) is 4.84. The number of benzene rings is 1. The van der Waals surface area contributed by atoms with E-state index in [1.54, 1.807) is 11.3 Å². The van der Waals surface area contributed by atoms with Gasteiger partial charge in [0.25, 0.3) is 0 Å². The van der Waals surface area contributed by atoms with Gasteiger partial charge in [0.15, 0.2) is 0 Å². The van der Waals surface area contributed by atoms with E-state index in [1.165, 1.54) is 10.9 Å². The van der Waals surface area contributed by atoms with Crippen LogP contribution >= 0.6 is 51.4 Å². The molecule has 17 heavy (non-hydrogen) atoms. The average Bonchev–Trinajstić information content (AvgIpc) is 2.98. The Kier molecular flexibility index (Phi) is 3.39. The largest absolute Gasteiger partial charge is 0.245 e. The summed E-state index contributed by atoms with van der Waals surface area (Å²) < 4.78 is 3.09. The molecule has 0 saturated heterocycles. The lowest BCUT2D eigenvalue weighted by molar-refractivity contribution is 1.01. The van der Waals surface area contributed by atoms with E-state index in [9.17, 15) is 0 Å². The number of hydrogen-bond acceptors (Lipinski definition) is 2. The number of rotatable bonds is 2. The minimum absolute atomic E-state index is 0.630. The van der Waals surface area contributed by atoms with Gasteiger partial charge in [0.1, 0.15) is 0 Å². The topological polar surface area (TPSA) is 17.8 Å². The van der Waals surface area contributed by atoms with E-state index in [0.717, 1.165) is 15.3 Å². The van der Waals surface area contributed by atoms with E-state index in [0.29, 0.717) is 6.37 Å². The van der Waals surface area contributed by atoms with Crippen molar-refractivity contribution < 1.29 is 0 Å². The van der Waals surface area contributed by atoms with E-state index in [4.69, 9.17) is 11.6 Å². The Hall–Kier alpha value is -0.160. The van der Waals surface area contributed by atoms with E-state index < -0.39 is 0 Å². The van der Waals surface area contributed by atoms with Crippen molar-refractivity contribution >= 4 is 61.4 Å². The zero-order chi connectivity index (χ0) is 11.8. The normalized spacial score (nSPS) is 11.9. The Bertz CT molecular complexity index is 679. The monoisotopic (exact) mass is 392 g/mol. The first-order valence-corrected chi connectivity index (χ1v) is 10.2. The second-order valence-corrected chi connectivity index (χ2v) is 6.91. The smallest absolute Gasteiger partial charge is 0.0677 e. The van der Waals surface area contributed by atoms with Gasteiger partial charge in [-0.3, -0.25) is 0 Å². The molecule has 86 valence electrons. The van der Waals surface area contributed by atoms with Gasteiger partial charge in [-0.25, -0.2) is 4.45 Å². The number of nitrogens with zero attached hydrogens (tertiary/aromatic N) is 2. The van der Waals surface area contributed by atoms with Gasteiger partial charge >= 0.3 is 0 Å². The summed E-state index contributed by atoms with van der Waals surface area (Å²) >= 11 is 10.2. The summed E-state index contributed by atoms with van der Waals surface area (Å²) in [5, 5.41) is 8.42. The molecule has 0 aliphatic heterocycles. The summed E-state index contributed by atoms with van der Waals surface area (Å²) in [4.78, 5) is 0. The van der Waals surface area contributed by atoms with Crippen molar-refractivity contribution in [3.8, 4) is 11.1 Å². The van der Waals surface area contributed by atoms with Gasteiger partial charge in [-0.2, -0.15) is 5.10 Å². The molecular formula is C11H7ClIN2PS. The fourth-order valence-corrected chi connectivity index (χ4v) is 3.99. The van der Waals surface area contributed by atoms with Crippen LogP contribution in [0.15, 0.2) is 36.0 Å². The molecule has 0 amide bonds. The summed E-state index contributed by atoms with van der Waals surface area (Å²) in [7, 11) is 0. The first kappa shape index (κ1) is 11.9. The maximum absolute atomic E-state index is 6.18. The summed E-state index contributed by atoms with van der Waals surface area (Å²) in [6.07, 6.45) is 4.61. The van der Waals surface area contributed by atoms with Gasteiger partial charge in [-0.15, -0.1) is 11.3 Å². The Balaban J connectivity index is 2.23. The van der Waals surface area contributed by atoms with Crippen LogP contribution in [0.4, 0.5) is 0 Å². The zero-order valence-electron chi connectivity index (χ0n) is 8.52. The van der Waals surface area contributed by atoms with Crippen molar-refractivity contribution in [2.24, 2.45) is 0 Å². The van der Waals surface area contributed by atoms with Gasteiger partial charge < -0.3 is 0 Å². The molecule has 2 aromatic heterocycles. The quantitative estimate of drug-likeness (QED) is 0.432.